The van der Waals surface area contributed by atoms with Gasteiger partial charge in [0.1, 0.15) is 5.75 Å². The lowest BCUT2D eigenvalue weighted by Gasteiger charge is -2.16. The molecule has 1 saturated heterocycles. The Bertz CT molecular complexity index is 483. The summed E-state index contributed by atoms with van der Waals surface area (Å²) >= 11 is 0. The largest absolute Gasteiger partial charge is 0.494 e. The Morgan fingerprint density at radius 1 is 1.35 bits per heavy atom. The van der Waals surface area contributed by atoms with Gasteiger partial charge in [-0.3, -0.25) is 9.59 Å². The summed E-state index contributed by atoms with van der Waals surface area (Å²) in [4.78, 5) is 25.1. The zero-order valence-corrected chi connectivity index (χ0v) is 11.8. The number of amides is 1. The summed E-state index contributed by atoms with van der Waals surface area (Å²) in [7, 11) is 1.34. The van der Waals surface area contributed by atoms with E-state index in [1.807, 2.05) is 31.2 Å². The van der Waals surface area contributed by atoms with Crippen molar-refractivity contribution < 1.29 is 19.1 Å². The molecule has 1 aromatic rings. The number of ether oxygens (including phenoxy) is 2. The highest BCUT2D eigenvalue weighted by Crippen LogP contribution is 2.27. The van der Waals surface area contributed by atoms with Gasteiger partial charge in [-0.15, -0.1) is 0 Å². The van der Waals surface area contributed by atoms with E-state index in [0.717, 1.165) is 17.9 Å². The Labute approximate surface area is 118 Å². The van der Waals surface area contributed by atoms with Gasteiger partial charge >= 0.3 is 5.97 Å². The van der Waals surface area contributed by atoms with Gasteiger partial charge in [-0.1, -0.05) is 6.92 Å². The maximum atomic E-state index is 11.9. The van der Waals surface area contributed by atoms with E-state index >= 15 is 0 Å². The molecule has 2 rings (SSSR count). The zero-order chi connectivity index (χ0) is 14.5. The predicted octanol–water partition coefficient (Wildman–Crippen LogP) is 2.00. The fraction of sp³-hybridized carbons (Fsp3) is 0.467. The van der Waals surface area contributed by atoms with Crippen molar-refractivity contribution in [3.63, 3.8) is 0 Å². The number of carbonyl (C=O) groups is 2. The van der Waals surface area contributed by atoms with Gasteiger partial charge < -0.3 is 14.4 Å². The Morgan fingerprint density at radius 3 is 2.65 bits per heavy atom. The number of methoxy groups -OCH3 is 1. The first-order chi connectivity index (χ1) is 9.65. The average molecular weight is 277 g/mol. The lowest BCUT2D eigenvalue weighted by molar-refractivity contribution is -0.145. The molecule has 5 nitrogen and oxygen atoms in total. The summed E-state index contributed by atoms with van der Waals surface area (Å²) in [5, 5.41) is 0. The molecule has 0 N–H and O–H groups in total. The lowest BCUT2D eigenvalue weighted by Crippen LogP contribution is -2.26. The van der Waals surface area contributed by atoms with E-state index in [0.29, 0.717) is 13.2 Å². The minimum atomic E-state index is -0.372. The van der Waals surface area contributed by atoms with Crippen LogP contribution in [0.1, 0.15) is 19.8 Å². The van der Waals surface area contributed by atoms with Crippen molar-refractivity contribution in [2.24, 2.45) is 5.92 Å². The molecule has 1 aromatic carbocycles. The zero-order valence-electron chi connectivity index (χ0n) is 11.8. The van der Waals surface area contributed by atoms with Crippen LogP contribution in [-0.4, -0.2) is 32.1 Å². The minimum absolute atomic E-state index is 0.0531. The molecule has 1 amide bonds. The quantitative estimate of drug-likeness (QED) is 0.772. The van der Waals surface area contributed by atoms with E-state index < -0.39 is 0 Å². The fourth-order valence-corrected chi connectivity index (χ4v) is 2.22. The monoisotopic (exact) mass is 277 g/mol. The van der Waals surface area contributed by atoms with Crippen LogP contribution in [0.25, 0.3) is 0 Å². The molecule has 0 saturated carbocycles. The van der Waals surface area contributed by atoms with Crippen LogP contribution < -0.4 is 9.64 Å². The molecule has 1 aliphatic heterocycles. The highest BCUT2D eigenvalue weighted by molar-refractivity contribution is 5.99. The van der Waals surface area contributed by atoms with Crippen molar-refractivity contribution in [2.75, 3.05) is 25.2 Å². The highest BCUT2D eigenvalue weighted by Gasteiger charge is 2.35. The topological polar surface area (TPSA) is 55.8 Å². The van der Waals surface area contributed by atoms with Crippen molar-refractivity contribution in [1.82, 2.24) is 0 Å². The Hall–Kier alpha value is -2.04. The number of hydrogen-bond acceptors (Lipinski definition) is 4. The third-order valence-electron chi connectivity index (χ3n) is 3.28. The average Bonchev–Trinajstić information content (AvgIpc) is 2.87. The van der Waals surface area contributed by atoms with Crippen LogP contribution in [-0.2, 0) is 14.3 Å². The van der Waals surface area contributed by atoms with Crippen LogP contribution in [0.2, 0.25) is 0 Å². The molecule has 0 aromatic heterocycles. The highest BCUT2D eigenvalue weighted by atomic mass is 16.5. The molecule has 0 aliphatic carbocycles. The fourth-order valence-electron chi connectivity index (χ4n) is 2.22. The number of anilines is 1. The number of benzene rings is 1. The number of rotatable bonds is 5. The van der Waals surface area contributed by atoms with Crippen LogP contribution in [0.5, 0.6) is 5.75 Å². The molecule has 1 heterocycles. The van der Waals surface area contributed by atoms with E-state index in [1.165, 1.54) is 7.11 Å². The third kappa shape index (κ3) is 3.10. The van der Waals surface area contributed by atoms with Crippen molar-refractivity contribution in [1.29, 1.82) is 0 Å². The Balaban J connectivity index is 2.04. The smallest absolute Gasteiger partial charge is 0.311 e. The number of hydrogen-bond donors (Lipinski definition) is 0. The summed E-state index contributed by atoms with van der Waals surface area (Å²) in [5.41, 5.74) is 0.783. The molecule has 0 spiro atoms. The van der Waals surface area contributed by atoms with Crippen molar-refractivity contribution in [3.05, 3.63) is 24.3 Å². The van der Waals surface area contributed by atoms with Crippen LogP contribution in [0.15, 0.2) is 24.3 Å². The molecular weight excluding hydrogens is 258 g/mol. The second-order valence-corrected chi connectivity index (χ2v) is 4.77. The number of esters is 1. The lowest BCUT2D eigenvalue weighted by atomic mass is 10.1. The molecule has 108 valence electrons. The van der Waals surface area contributed by atoms with Gasteiger partial charge in [-0.05, 0) is 30.7 Å². The van der Waals surface area contributed by atoms with Crippen LogP contribution in [0.4, 0.5) is 5.69 Å². The summed E-state index contributed by atoms with van der Waals surface area (Å²) in [6, 6.07) is 7.35. The molecule has 5 heteroatoms. The first-order valence-electron chi connectivity index (χ1n) is 6.76. The first kappa shape index (κ1) is 14.4. The van der Waals surface area contributed by atoms with Crippen LogP contribution >= 0.6 is 0 Å². The van der Waals surface area contributed by atoms with E-state index in [2.05, 4.69) is 0 Å². The first-order valence-corrected chi connectivity index (χ1v) is 6.76. The molecule has 1 aliphatic rings. The summed E-state index contributed by atoms with van der Waals surface area (Å²) < 4.78 is 10.2. The summed E-state index contributed by atoms with van der Waals surface area (Å²) in [6.45, 7) is 3.09. The molecule has 20 heavy (non-hydrogen) atoms. The SMILES string of the molecule is CCCOc1ccc(N2C[C@@H](C(=O)OC)CC2=O)cc1. The van der Waals surface area contributed by atoms with Gasteiger partial charge in [-0.25, -0.2) is 0 Å². The molecular formula is C15H19NO4. The van der Waals surface area contributed by atoms with Crippen molar-refractivity contribution >= 4 is 17.6 Å². The maximum Gasteiger partial charge on any atom is 0.311 e. The summed E-state index contributed by atoms with van der Waals surface area (Å²) in [5.74, 6) is 0.0293. The minimum Gasteiger partial charge on any atom is -0.494 e. The van der Waals surface area contributed by atoms with Crippen molar-refractivity contribution in [2.45, 2.75) is 19.8 Å². The van der Waals surface area contributed by atoms with E-state index in [1.54, 1.807) is 4.90 Å². The second kappa shape index (κ2) is 6.41. The summed E-state index contributed by atoms with van der Waals surface area (Å²) in [6.07, 6.45) is 1.16. The third-order valence-corrected chi connectivity index (χ3v) is 3.28. The second-order valence-electron chi connectivity index (χ2n) is 4.77. The van der Waals surface area contributed by atoms with Gasteiger partial charge in [0.25, 0.3) is 0 Å². The van der Waals surface area contributed by atoms with Crippen LogP contribution in [0, 0.1) is 5.92 Å². The van der Waals surface area contributed by atoms with Gasteiger partial charge in [0.05, 0.1) is 19.6 Å². The Morgan fingerprint density at radius 2 is 2.05 bits per heavy atom. The van der Waals surface area contributed by atoms with E-state index in [4.69, 9.17) is 9.47 Å². The van der Waals surface area contributed by atoms with Gasteiger partial charge in [0, 0.05) is 18.7 Å². The van der Waals surface area contributed by atoms with Crippen molar-refractivity contribution in [3.8, 4) is 5.75 Å². The van der Waals surface area contributed by atoms with Gasteiger partial charge in [-0.2, -0.15) is 0 Å². The maximum absolute atomic E-state index is 11.9. The molecule has 0 unspecified atom stereocenters. The normalized spacial score (nSPS) is 18.2. The molecule has 1 atom stereocenters. The predicted molar refractivity (Wildman–Crippen MR) is 74.7 cm³/mol. The van der Waals surface area contributed by atoms with E-state index in [-0.39, 0.29) is 24.2 Å². The molecule has 0 bridgehead atoms. The number of carbonyl (C=O) groups excluding carboxylic acids is 2. The standard InChI is InChI=1S/C15H19NO4/c1-3-8-20-13-6-4-12(5-7-13)16-10-11(9-14(16)17)15(18)19-2/h4-7,11H,3,8-10H2,1-2H3/t11-/m0/s1. The Kier molecular flexibility index (Phi) is 4.61. The van der Waals surface area contributed by atoms with Gasteiger partial charge in [0.15, 0.2) is 0 Å². The van der Waals surface area contributed by atoms with Crippen LogP contribution in [0.3, 0.4) is 0 Å². The molecule has 1 fully saturated rings. The van der Waals surface area contributed by atoms with E-state index in [9.17, 15) is 9.59 Å². The number of nitrogens with zero attached hydrogens (tertiary/aromatic N) is 1. The van der Waals surface area contributed by atoms with Gasteiger partial charge in [0.2, 0.25) is 5.91 Å². The molecule has 0 radical (unpaired) electrons.